The molecule has 9 heteroatoms. The summed E-state index contributed by atoms with van der Waals surface area (Å²) in [6.45, 7) is 0. The lowest BCUT2D eigenvalue weighted by Crippen LogP contribution is -2.04. The molecule has 3 aromatic rings. The number of aromatic nitrogens is 4. The number of alkyl halides is 3. The van der Waals surface area contributed by atoms with Crippen molar-refractivity contribution in [2.24, 2.45) is 7.05 Å². The van der Waals surface area contributed by atoms with Gasteiger partial charge >= 0.3 is 6.18 Å². The van der Waals surface area contributed by atoms with Gasteiger partial charge in [-0.2, -0.15) is 18.2 Å². The van der Waals surface area contributed by atoms with Crippen molar-refractivity contribution < 1.29 is 17.7 Å². The molecule has 0 unspecified atom stereocenters. The Morgan fingerprint density at radius 1 is 1.30 bits per heavy atom. The van der Waals surface area contributed by atoms with Crippen molar-refractivity contribution in [1.29, 1.82) is 0 Å². The Morgan fingerprint density at radius 2 is 2.13 bits per heavy atom. The molecule has 0 aliphatic carbocycles. The molecule has 0 N–H and O–H groups in total. The molecule has 0 spiro atoms. The van der Waals surface area contributed by atoms with E-state index in [1.807, 2.05) is 17.8 Å². The lowest BCUT2D eigenvalue weighted by Gasteiger charge is -2.06. The summed E-state index contributed by atoms with van der Waals surface area (Å²) in [7, 11) is 1.86. The van der Waals surface area contributed by atoms with Crippen LogP contribution in [0.2, 0.25) is 0 Å². The van der Waals surface area contributed by atoms with E-state index in [1.165, 1.54) is 23.9 Å². The zero-order valence-electron chi connectivity index (χ0n) is 11.9. The van der Waals surface area contributed by atoms with E-state index >= 15 is 0 Å². The largest absolute Gasteiger partial charge is 0.416 e. The number of hydrogen-bond donors (Lipinski definition) is 0. The van der Waals surface area contributed by atoms with Gasteiger partial charge in [0, 0.05) is 25.0 Å². The Labute approximate surface area is 133 Å². The summed E-state index contributed by atoms with van der Waals surface area (Å²) in [5.41, 5.74) is -0.486. The average molecular weight is 340 g/mol. The van der Waals surface area contributed by atoms with Crippen LogP contribution in [0.25, 0.3) is 11.4 Å². The van der Waals surface area contributed by atoms with Crippen LogP contribution >= 0.6 is 11.8 Å². The summed E-state index contributed by atoms with van der Waals surface area (Å²) in [5.74, 6) is 0.841. The van der Waals surface area contributed by atoms with Gasteiger partial charge in [-0.1, -0.05) is 29.1 Å². The minimum atomic E-state index is -4.41. The predicted molar refractivity (Wildman–Crippen MR) is 77.5 cm³/mol. The lowest BCUT2D eigenvalue weighted by atomic mass is 10.1. The van der Waals surface area contributed by atoms with Gasteiger partial charge in [-0.05, 0) is 12.1 Å². The highest BCUT2D eigenvalue weighted by molar-refractivity contribution is 7.98. The molecule has 1 aromatic carbocycles. The molecule has 0 radical (unpaired) electrons. The molecule has 3 rings (SSSR count). The number of hydrogen-bond acceptors (Lipinski definition) is 5. The van der Waals surface area contributed by atoms with Gasteiger partial charge in [-0.3, -0.25) is 0 Å². The topological polar surface area (TPSA) is 56.7 Å². The van der Waals surface area contributed by atoms with Crippen molar-refractivity contribution in [2.45, 2.75) is 17.1 Å². The van der Waals surface area contributed by atoms with E-state index in [0.29, 0.717) is 11.6 Å². The quantitative estimate of drug-likeness (QED) is 0.677. The summed E-state index contributed by atoms with van der Waals surface area (Å²) in [4.78, 5) is 8.28. The number of rotatable bonds is 4. The SMILES string of the molecule is Cn1ccnc1SCc1nc(-c2cccc(C(F)(F)F)c2)no1. The number of nitrogens with zero attached hydrogens (tertiary/aromatic N) is 4. The van der Waals surface area contributed by atoms with Crippen LogP contribution in [-0.2, 0) is 19.0 Å². The van der Waals surface area contributed by atoms with Crippen LogP contribution in [0.15, 0.2) is 46.3 Å². The van der Waals surface area contributed by atoms with Crippen LogP contribution in [0, 0.1) is 0 Å². The molecule has 0 amide bonds. The molecule has 0 bridgehead atoms. The van der Waals surface area contributed by atoms with Gasteiger partial charge in [0.25, 0.3) is 0 Å². The van der Waals surface area contributed by atoms with Gasteiger partial charge in [0.05, 0.1) is 11.3 Å². The second-order valence-corrected chi connectivity index (χ2v) is 5.64. The fraction of sp³-hybridized carbons (Fsp3) is 0.214. The molecule has 5 nitrogen and oxygen atoms in total. The highest BCUT2D eigenvalue weighted by Gasteiger charge is 2.30. The van der Waals surface area contributed by atoms with Crippen molar-refractivity contribution in [2.75, 3.05) is 0 Å². The minimum absolute atomic E-state index is 0.131. The molecule has 0 aliphatic rings. The fourth-order valence-electron chi connectivity index (χ4n) is 1.88. The van der Waals surface area contributed by atoms with E-state index < -0.39 is 11.7 Å². The van der Waals surface area contributed by atoms with Crippen molar-refractivity contribution in [3.63, 3.8) is 0 Å². The van der Waals surface area contributed by atoms with E-state index in [4.69, 9.17) is 4.52 Å². The number of halogens is 3. The molecule has 120 valence electrons. The molecule has 23 heavy (non-hydrogen) atoms. The van der Waals surface area contributed by atoms with Crippen molar-refractivity contribution >= 4 is 11.8 Å². The molecule has 0 saturated heterocycles. The first kappa shape index (κ1) is 15.6. The number of benzene rings is 1. The molecule has 2 heterocycles. The molecule has 0 saturated carbocycles. The van der Waals surface area contributed by atoms with Crippen molar-refractivity contribution in [1.82, 2.24) is 19.7 Å². The van der Waals surface area contributed by atoms with Crippen LogP contribution in [0.4, 0.5) is 13.2 Å². The first-order valence-corrected chi connectivity index (χ1v) is 7.52. The van der Waals surface area contributed by atoms with Gasteiger partial charge in [-0.25, -0.2) is 4.98 Å². The van der Waals surface area contributed by atoms with E-state index in [2.05, 4.69) is 15.1 Å². The van der Waals surface area contributed by atoms with Crippen LogP contribution < -0.4 is 0 Å². The molecule has 0 aliphatic heterocycles. The Bertz CT molecular complexity index is 812. The van der Waals surface area contributed by atoms with E-state index in [1.54, 1.807) is 6.20 Å². The molecule has 0 atom stereocenters. The van der Waals surface area contributed by atoms with Crippen molar-refractivity contribution in [3.8, 4) is 11.4 Å². The fourth-order valence-corrected chi connectivity index (χ4v) is 2.65. The minimum Gasteiger partial charge on any atom is -0.338 e. The zero-order chi connectivity index (χ0) is 16.4. The van der Waals surface area contributed by atoms with Crippen LogP contribution in [-0.4, -0.2) is 19.7 Å². The summed E-state index contributed by atoms with van der Waals surface area (Å²) < 4.78 is 45.1. The summed E-state index contributed by atoms with van der Waals surface area (Å²) >= 11 is 1.40. The van der Waals surface area contributed by atoms with Gasteiger partial charge in [0.15, 0.2) is 5.16 Å². The molecule has 2 aromatic heterocycles. The maximum atomic E-state index is 12.7. The summed E-state index contributed by atoms with van der Waals surface area (Å²) in [6.07, 6.45) is -0.926. The summed E-state index contributed by atoms with van der Waals surface area (Å²) in [5, 5.41) is 4.52. The first-order chi connectivity index (χ1) is 10.9. The first-order valence-electron chi connectivity index (χ1n) is 6.54. The van der Waals surface area contributed by atoms with Crippen LogP contribution in [0.5, 0.6) is 0 Å². The third kappa shape index (κ3) is 3.55. The Morgan fingerprint density at radius 3 is 2.83 bits per heavy atom. The molecular formula is C14H11F3N4OS. The van der Waals surface area contributed by atoms with Crippen LogP contribution in [0.3, 0.4) is 0 Å². The van der Waals surface area contributed by atoms with Gasteiger partial charge in [-0.15, -0.1) is 0 Å². The highest BCUT2D eigenvalue weighted by Crippen LogP contribution is 2.31. The maximum absolute atomic E-state index is 12.7. The number of thioether (sulfide) groups is 1. The predicted octanol–water partition coefficient (Wildman–Crippen LogP) is 3.78. The molecule has 0 fully saturated rings. The number of imidazole rings is 1. The van der Waals surface area contributed by atoms with Gasteiger partial charge in [0.2, 0.25) is 11.7 Å². The lowest BCUT2D eigenvalue weighted by molar-refractivity contribution is -0.137. The third-order valence-corrected chi connectivity index (χ3v) is 4.06. The second-order valence-electron chi connectivity index (χ2n) is 4.70. The number of aryl methyl sites for hydroxylation is 1. The Hall–Kier alpha value is -2.29. The Kier molecular flexibility index (Phi) is 4.12. The maximum Gasteiger partial charge on any atom is 0.416 e. The van der Waals surface area contributed by atoms with Gasteiger partial charge < -0.3 is 9.09 Å². The van der Waals surface area contributed by atoms with E-state index in [-0.39, 0.29) is 11.4 Å². The van der Waals surface area contributed by atoms with E-state index in [0.717, 1.165) is 17.3 Å². The van der Waals surface area contributed by atoms with Gasteiger partial charge in [0.1, 0.15) is 0 Å². The van der Waals surface area contributed by atoms with Crippen molar-refractivity contribution in [3.05, 3.63) is 48.1 Å². The average Bonchev–Trinajstić information content (AvgIpc) is 3.13. The molecular weight excluding hydrogens is 329 g/mol. The van der Waals surface area contributed by atoms with E-state index in [9.17, 15) is 13.2 Å². The summed E-state index contributed by atoms with van der Waals surface area (Å²) in [6, 6.07) is 4.83. The standard InChI is InChI=1S/C14H11F3N4OS/c1-21-6-5-18-13(21)23-8-11-19-12(20-22-11)9-3-2-4-10(7-9)14(15,16)17/h2-7H,8H2,1H3. The normalized spacial score (nSPS) is 11.8. The monoisotopic (exact) mass is 340 g/mol. The Balaban J connectivity index is 1.75. The van der Waals surface area contributed by atoms with Crippen LogP contribution in [0.1, 0.15) is 11.5 Å². The smallest absolute Gasteiger partial charge is 0.338 e. The highest BCUT2D eigenvalue weighted by atomic mass is 32.2. The zero-order valence-corrected chi connectivity index (χ0v) is 12.7. The second kappa shape index (κ2) is 6.07. The third-order valence-electron chi connectivity index (χ3n) is 3.02.